The molecule has 2 aliphatic rings. The van der Waals surface area contributed by atoms with Crippen LogP contribution in [0.25, 0.3) is 0 Å². The van der Waals surface area contributed by atoms with Crippen molar-refractivity contribution in [1.29, 1.82) is 0 Å². The summed E-state index contributed by atoms with van der Waals surface area (Å²) in [5.74, 6) is 0.0377. The van der Waals surface area contributed by atoms with E-state index in [0.29, 0.717) is 6.54 Å². The van der Waals surface area contributed by atoms with Crippen molar-refractivity contribution in [3.05, 3.63) is 29.8 Å². The normalized spacial score (nSPS) is 19.4. The molecule has 1 aromatic carbocycles. The molecule has 2 heterocycles. The lowest BCUT2D eigenvalue weighted by Crippen LogP contribution is -2.41. The Morgan fingerprint density at radius 1 is 1.09 bits per heavy atom. The predicted octanol–water partition coefficient (Wildman–Crippen LogP) is 1.35. The van der Waals surface area contributed by atoms with E-state index < -0.39 is 0 Å². The van der Waals surface area contributed by atoms with Gasteiger partial charge < -0.3 is 15.0 Å². The SMILES string of the molecule is O=C(NCCN1CCOCC1)c1ccccc1N1CCCC1. The van der Waals surface area contributed by atoms with Crippen molar-refractivity contribution in [2.24, 2.45) is 0 Å². The number of morpholine rings is 1. The molecule has 22 heavy (non-hydrogen) atoms. The second-order valence-corrected chi connectivity index (χ2v) is 5.92. The Morgan fingerprint density at radius 3 is 2.59 bits per heavy atom. The number of amides is 1. The number of nitrogens with one attached hydrogen (secondary N) is 1. The van der Waals surface area contributed by atoms with E-state index in [1.165, 1.54) is 12.8 Å². The summed E-state index contributed by atoms with van der Waals surface area (Å²) in [5, 5.41) is 3.06. The van der Waals surface area contributed by atoms with Gasteiger partial charge in [-0.15, -0.1) is 0 Å². The molecule has 0 unspecified atom stereocenters. The van der Waals surface area contributed by atoms with Gasteiger partial charge in [0.15, 0.2) is 0 Å². The number of carbonyl (C=O) groups is 1. The summed E-state index contributed by atoms with van der Waals surface area (Å²) < 4.78 is 5.33. The predicted molar refractivity (Wildman–Crippen MR) is 87.5 cm³/mol. The number of ether oxygens (including phenoxy) is 1. The van der Waals surface area contributed by atoms with Gasteiger partial charge in [-0.1, -0.05) is 12.1 Å². The monoisotopic (exact) mass is 303 g/mol. The summed E-state index contributed by atoms with van der Waals surface area (Å²) in [6.07, 6.45) is 2.43. The van der Waals surface area contributed by atoms with Crippen molar-refractivity contribution in [3.63, 3.8) is 0 Å². The molecule has 0 bridgehead atoms. The smallest absolute Gasteiger partial charge is 0.253 e. The van der Waals surface area contributed by atoms with Gasteiger partial charge in [-0.05, 0) is 25.0 Å². The number of nitrogens with zero attached hydrogens (tertiary/aromatic N) is 2. The van der Waals surface area contributed by atoms with E-state index in [9.17, 15) is 4.79 Å². The molecule has 1 N–H and O–H groups in total. The average molecular weight is 303 g/mol. The van der Waals surface area contributed by atoms with E-state index in [4.69, 9.17) is 4.74 Å². The Balaban J connectivity index is 1.55. The molecule has 0 aromatic heterocycles. The van der Waals surface area contributed by atoms with Crippen molar-refractivity contribution in [1.82, 2.24) is 10.2 Å². The second-order valence-electron chi connectivity index (χ2n) is 5.92. The van der Waals surface area contributed by atoms with Gasteiger partial charge in [0.25, 0.3) is 5.91 Å². The van der Waals surface area contributed by atoms with Gasteiger partial charge in [0.05, 0.1) is 18.8 Å². The van der Waals surface area contributed by atoms with Crippen molar-refractivity contribution < 1.29 is 9.53 Å². The maximum absolute atomic E-state index is 12.5. The molecule has 2 saturated heterocycles. The Morgan fingerprint density at radius 2 is 1.82 bits per heavy atom. The summed E-state index contributed by atoms with van der Waals surface area (Å²) in [4.78, 5) is 17.1. The molecule has 0 radical (unpaired) electrons. The quantitative estimate of drug-likeness (QED) is 0.892. The van der Waals surface area contributed by atoms with Gasteiger partial charge in [-0.25, -0.2) is 0 Å². The highest BCUT2D eigenvalue weighted by atomic mass is 16.5. The first-order chi connectivity index (χ1) is 10.8. The van der Waals surface area contributed by atoms with Crippen LogP contribution in [0.1, 0.15) is 23.2 Å². The lowest BCUT2D eigenvalue weighted by molar-refractivity contribution is 0.0383. The van der Waals surface area contributed by atoms with Crippen molar-refractivity contribution in [3.8, 4) is 0 Å². The molecule has 0 spiro atoms. The van der Waals surface area contributed by atoms with Gasteiger partial charge >= 0.3 is 0 Å². The Bertz CT molecular complexity index is 494. The summed E-state index contributed by atoms with van der Waals surface area (Å²) >= 11 is 0. The first kappa shape index (κ1) is 15.3. The molecule has 3 rings (SSSR count). The molecule has 5 heteroatoms. The van der Waals surface area contributed by atoms with E-state index in [0.717, 1.165) is 57.2 Å². The van der Waals surface area contributed by atoms with E-state index >= 15 is 0 Å². The van der Waals surface area contributed by atoms with Crippen LogP contribution in [0.15, 0.2) is 24.3 Å². The van der Waals surface area contributed by atoms with Crippen LogP contribution in [0.5, 0.6) is 0 Å². The van der Waals surface area contributed by atoms with Crippen LogP contribution in [-0.2, 0) is 4.74 Å². The molecular formula is C17H25N3O2. The summed E-state index contributed by atoms with van der Waals surface area (Å²) in [6, 6.07) is 7.94. The lowest BCUT2D eigenvalue weighted by Gasteiger charge is -2.26. The van der Waals surface area contributed by atoms with Crippen molar-refractivity contribution >= 4 is 11.6 Å². The highest BCUT2D eigenvalue weighted by Gasteiger charge is 2.19. The number of hydrogen-bond acceptors (Lipinski definition) is 4. The minimum absolute atomic E-state index is 0.0377. The van der Waals surface area contributed by atoms with Crippen LogP contribution in [0.4, 0.5) is 5.69 Å². The topological polar surface area (TPSA) is 44.8 Å². The number of hydrogen-bond donors (Lipinski definition) is 1. The highest BCUT2D eigenvalue weighted by molar-refractivity contribution is 5.99. The van der Waals surface area contributed by atoms with Crippen molar-refractivity contribution in [2.45, 2.75) is 12.8 Å². The Hall–Kier alpha value is -1.59. The van der Waals surface area contributed by atoms with Crippen LogP contribution in [0.3, 0.4) is 0 Å². The molecule has 120 valence electrons. The van der Waals surface area contributed by atoms with Gasteiger partial charge in [-0.2, -0.15) is 0 Å². The second kappa shape index (κ2) is 7.61. The number of rotatable bonds is 5. The molecule has 0 atom stereocenters. The molecular weight excluding hydrogens is 278 g/mol. The maximum atomic E-state index is 12.5. The molecule has 2 fully saturated rings. The fourth-order valence-corrected chi connectivity index (χ4v) is 3.15. The molecule has 2 aliphatic heterocycles. The number of carbonyl (C=O) groups excluding carboxylic acids is 1. The third kappa shape index (κ3) is 3.78. The average Bonchev–Trinajstić information content (AvgIpc) is 3.10. The Labute approximate surface area is 132 Å². The van der Waals surface area contributed by atoms with Crippen LogP contribution in [0, 0.1) is 0 Å². The number of para-hydroxylation sites is 1. The fourth-order valence-electron chi connectivity index (χ4n) is 3.15. The largest absolute Gasteiger partial charge is 0.379 e. The first-order valence-electron chi connectivity index (χ1n) is 8.27. The number of benzene rings is 1. The molecule has 0 saturated carbocycles. The third-order valence-corrected chi connectivity index (χ3v) is 4.41. The zero-order valence-electron chi connectivity index (χ0n) is 13.1. The lowest BCUT2D eigenvalue weighted by atomic mass is 10.1. The third-order valence-electron chi connectivity index (χ3n) is 4.41. The van der Waals surface area contributed by atoms with Crippen LogP contribution in [-0.4, -0.2) is 63.3 Å². The van der Waals surface area contributed by atoms with Crippen LogP contribution in [0.2, 0.25) is 0 Å². The standard InChI is InChI=1S/C17H25N3O2/c21-17(18-7-10-19-11-13-22-14-12-19)15-5-1-2-6-16(15)20-8-3-4-9-20/h1-2,5-6H,3-4,7-14H2,(H,18,21). The van der Waals surface area contributed by atoms with Gasteiger partial charge in [0, 0.05) is 45.0 Å². The fraction of sp³-hybridized carbons (Fsp3) is 0.588. The zero-order valence-corrected chi connectivity index (χ0v) is 13.1. The zero-order chi connectivity index (χ0) is 15.2. The molecule has 5 nitrogen and oxygen atoms in total. The number of anilines is 1. The molecule has 1 aromatic rings. The van der Waals surface area contributed by atoms with Gasteiger partial charge in [0.2, 0.25) is 0 Å². The van der Waals surface area contributed by atoms with Crippen LogP contribution < -0.4 is 10.2 Å². The Kier molecular flexibility index (Phi) is 5.29. The summed E-state index contributed by atoms with van der Waals surface area (Å²) in [7, 11) is 0. The van der Waals surface area contributed by atoms with Gasteiger partial charge in [0.1, 0.15) is 0 Å². The van der Waals surface area contributed by atoms with Crippen LogP contribution >= 0.6 is 0 Å². The summed E-state index contributed by atoms with van der Waals surface area (Å²) in [5.41, 5.74) is 1.87. The van der Waals surface area contributed by atoms with E-state index in [2.05, 4.69) is 21.2 Å². The first-order valence-corrected chi connectivity index (χ1v) is 8.27. The van der Waals surface area contributed by atoms with E-state index in [1.807, 2.05) is 18.2 Å². The minimum Gasteiger partial charge on any atom is -0.379 e. The maximum Gasteiger partial charge on any atom is 0.253 e. The van der Waals surface area contributed by atoms with Gasteiger partial charge in [-0.3, -0.25) is 9.69 Å². The van der Waals surface area contributed by atoms with E-state index in [-0.39, 0.29) is 5.91 Å². The minimum atomic E-state index is 0.0377. The highest BCUT2D eigenvalue weighted by Crippen LogP contribution is 2.24. The summed E-state index contributed by atoms with van der Waals surface area (Å²) in [6.45, 7) is 7.20. The van der Waals surface area contributed by atoms with Crippen molar-refractivity contribution in [2.75, 3.05) is 57.4 Å². The molecule has 1 amide bonds. The molecule has 0 aliphatic carbocycles. The van der Waals surface area contributed by atoms with E-state index in [1.54, 1.807) is 0 Å².